The first-order valence-electron chi connectivity index (χ1n) is 17.7. The van der Waals surface area contributed by atoms with E-state index < -0.39 is 0 Å². The summed E-state index contributed by atoms with van der Waals surface area (Å²) < 4.78 is 8.96. The Labute approximate surface area is 297 Å². The maximum absolute atomic E-state index is 6.62. The molecule has 0 bridgehead atoms. The largest absolute Gasteiger partial charge is 0.439 e. The number of nitrogens with zero attached hydrogens (tertiary/aromatic N) is 3. The zero-order valence-corrected chi connectivity index (χ0v) is 29.5. The van der Waals surface area contributed by atoms with Crippen molar-refractivity contribution in [2.75, 3.05) is 0 Å². The average molecular weight is 660 g/mol. The summed E-state index contributed by atoms with van der Waals surface area (Å²) in [5, 5.41) is 3.54. The number of hydrogen-bond donors (Lipinski definition) is 0. The predicted molar refractivity (Wildman–Crippen MR) is 212 cm³/mol. The summed E-state index contributed by atoms with van der Waals surface area (Å²) in [5.74, 6) is 0.695. The highest BCUT2D eigenvalue weighted by atomic mass is 16.3. The third-order valence-corrected chi connectivity index (χ3v) is 11.5. The first-order valence-corrected chi connectivity index (χ1v) is 17.7. The molecule has 0 atom stereocenters. The summed E-state index contributed by atoms with van der Waals surface area (Å²) in [6.45, 7) is 15.5. The van der Waals surface area contributed by atoms with Crippen LogP contribution in [0.2, 0.25) is 0 Å². The molecule has 4 nitrogen and oxygen atoms in total. The quantitative estimate of drug-likeness (QED) is 0.189. The molecular weight excluding hydrogens is 623 g/mol. The van der Waals surface area contributed by atoms with E-state index in [1.807, 2.05) is 19.1 Å². The Morgan fingerprint density at radius 2 is 1.39 bits per heavy atom. The number of rotatable bonds is 4. The van der Waals surface area contributed by atoms with Gasteiger partial charge in [-0.3, -0.25) is 4.57 Å². The Morgan fingerprint density at radius 3 is 2.24 bits per heavy atom. The highest BCUT2D eigenvalue weighted by molar-refractivity contribution is 6.21. The molecule has 1 aliphatic carbocycles. The first kappa shape index (κ1) is 29.9. The van der Waals surface area contributed by atoms with Crippen molar-refractivity contribution in [3.8, 4) is 39.5 Å². The molecular formula is C47H37N3O. The van der Waals surface area contributed by atoms with Crippen molar-refractivity contribution < 1.29 is 4.42 Å². The summed E-state index contributed by atoms with van der Waals surface area (Å²) in [6, 6.07) is 37.3. The molecule has 8 aromatic rings. The Balaban J connectivity index is 1.19. The third kappa shape index (κ3) is 3.90. The minimum absolute atomic E-state index is 0.119. The van der Waals surface area contributed by atoms with Crippen molar-refractivity contribution in [2.45, 2.75) is 45.4 Å². The molecule has 246 valence electrons. The van der Waals surface area contributed by atoms with Gasteiger partial charge in [-0.2, -0.15) is 0 Å². The predicted octanol–water partition coefficient (Wildman–Crippen LogP) is 12.3. The van der Waals surface area contributed by atoms with Crippen LogP contribution in [0.15, 0.2) is 120 Å². The maximum Gasteiger partial charge on any atom is 0.213 e. The van der Waals surface area contributed by atoms with Crippen LogP contribution in [0.4, 0.5) is 0 Å². The highest BCUT2D eigenvalue weighted by Crippen LogP contribution is 2.51. The van der Waals surface area contributed by atoms with E-state index in [0.717, 1.165) is 50.4 Å². The Bertz CT molecular complexity index is 2840. The van der Waals surface area contributed by atoms with Crippen molar-refractivity contribution in [1.82, 2.24) is 14.5 Å². The lowest BCUT2D eigenvalue weighted by Crippen LogP contribution is -2.26. The second-order valence-electron chi connectivity index (χ2n) is 15.0. The Morgan fingerprint density at radius 1 is 0.686 bits per heavy atom. The first-order chi connectivity index (χ1) is 24.7. The van der Waals surface area contributed by atoms with Gasteiger partial charge >= 0.3 is 0 Å². The van der Waals surface area contributed by atoms with Crippen LogP contribution in [-0.2, 0) is 10.8 Å². The van der Waals surface area contributed by atoms with Gasteiger partial charge in [0.15, 0.2) is 5.82 Å². The van der Waals surface area contributed by atoms with Gasteiger partial charge < -0.3 is 4.42 Å². The van der Waals surface area contributed by atoms with Crippen molar-refractivity contribution >= 4 is 45.1 Å². The lowest BCUT2D eigenvalue weighted by atomic mass is 9.74. The van der Waals surface area contributed by atoms with Crippen LogP contribution in [0.3, 0.4) is 0 Å². The Kier molecular flexibility index (Phi) is 6.02. The van der Waals surface area contributed by atoms with Gasteiger partial charge in [-0.05, 0) is 70.6 Å². The van der Waals surface area contributed by atoms with Crippen LogP contribution >= 0.6 is 0 Å². The summed E-state index contributed by atoms with van der Waals surface area (Å²) >= 11 is 0. The van der Waals surface area contributed by atoms with E-state index in [2.05, 4.69) is 148 Å². The number of allylic oxidation sites excluding steroid dienone is 1. The van der Waals surface area contributed by atoms with Crippen LogP contribution in [0, 0.1) is 0 Å². The van der Waals surface area contributed by atoms with Gasteiger partial charge in [0.1, 0.15) is 5.58 Å². The molecule has 4 heteroatoms. The molecule has 0 N–H and O–H groups in total. The van der Waals surface area contributed by atoms with Gasteiger partial charge in [0.2, 0.25) is 5.71 Å². The van der Waals surface area contributed by atoms with Crippen molar-refractivity contribution in [3.63, 3.8) is 0 Å². The summed E-state index contributed by atoms with van der Waals surface area (Å²) in [7, 11) is 0. The zero-order valence-electron chi connectivity index (χ0n) is 29.5. The number of hydrogen-bond acceptors (Lipinski definition) is 3. The van der Waals surface area contributed by atoms with Gasteiger partial charge in [-0.1, -0.05) is 125 Å². The summed E-state index contributed by atoms with van der Waals surface area (Å²) in [4.78, 5) is 10.5. The molecule has 1 aliphatic heterocycles. The normalized spacial score (nSPS) is 15.1. The SMILES string of the molecule is C=Cc1nc(-c2ccc3c(c2)C(C)(C)c2ccccc2-3)nc(-c2ccc3c(c2)C(C)(C)c2cccc4c5c6ccccc6oc5n-3c24)c1/C=C\C. The molecule has 0 saturated carbocycles. The molecule has 0 saturated heterocycles. The molecule has 0 fully saturated rings. The van der Waals surface area contributed by atoms with Crippen LogP contribution in [0.5, 0.6) is 0 Å². The molecule has 4 heterocycles. The second-order valence-corrected chi connectivity index (χ2v) is 15.0. The van der Waals surface area contributed by atoms with E-state index >= 15 is 0 Å². The molecule has 10 rings (SSSR count). The van der Waals surface area contributed by atoms with Crippen LogP contribution in [0.25, 0.3) is 84.6 Å². The minimum atomic E-state index is -0.273. The monoisotopic (exact) mass is 659 g/mol. The van der Waals surface area contributed by atoms with E-state index in [0.29, 0.717) is 5.82 Å². The molecule has 2 aliphatic rings. The fourth-order valence-corrected chi connectivity index (χ4v) is 8.96. The van der Waals surface area contributed by atoms with Gasteiger partial charge in [-0.25, -0.2) is 9.97 Å². The maximum atomic E-state index is 6.62. The molecule has 5 aromatic carbocycles. The van der Waals surface area contributed by atoms with Crippen molar-refractivity contribution in [3.05, 3.63) is 149 Å². The minimum Gasteiger partial charge on any atom is -0.439 e. The highest BCUT2D eigenvalue weighted by Gasteiger charge is 2.38. The fourth-order valence-electron chi connectivity index (χ4n) is 8.96. The van der Waals surface area contributed by atoms with Crippen LogP contribution in [-0.4, -0.2) is 14.5 Å². The van der Waals surface area contributed by atoms with E-state index in [1.54, 1.807) is 0 Å². The van der Waals surface area contributed by atoms with E-state index in [4.69, 9.17) is 14.4 Å². The standard InChI is InChI=1S/C47H37N3O/c1-7-14-31-38(8-2)48-44(28-21-23-30-29-15-9-11-18-34(29)46(3,4)36(30)26-28)49-42(31)27-22-24-39-37(25-27)47(5,6)35-19-13-17-33-41-32-16-10-12-20-40(32)51-45(41)50(39)43(33)35/h7-26H,2H2,1,3-6H3/b14-7-. The van der Waals surface area contributed by atoms with Crippen LogP contribution in [0.1, 0.15) is 68.1 Å². The van der Waals surface area contributed by atoms with Gasteiger partial charge in [0.05, 0.1) is 28.0 Å². The molecule has 0 radical (unpaired) electrons. The van der Waals surface area contributed by atoms with Crippen molar-refractivity contribution in [1.29, 1.82) is 0 Å². The molecule has 0 spiro atoms. The summed E-state index contributed by atoms with van der Waals surface area (Å²) in [6.07, 6.45) is 6.01. The van der Waals surface area contributed by atoms with Gasteiger partial charge in [0, 0.05) is 38.3 Å². The third-order valence-electron chi connectivity index (χ3n) is 11.5. The average Bonchev–Trinajstić information content (AvgIpc) is 3.76. The summed E-state index contributed by atoms with van der Waals surface area (Å²) in [5.41, 5.74) is 16.2. The number of benzene rings is 5. The second kappa shape index (κ2) is 10.3. The van der Waals surface area contributed by atoms with E-state index in [-0.39, 0.29) is 10.8 Å². The van der Waals surface area contributed by atoms with Gasteiger partial charge in [-0.15, -0.1) is 0 Å². The zero-order chi connectivity index (χ0) is 34.8. The topological polar surface area (TPSA) is 43.9 Å². The number of para-hydroxylation sites is 2. The Hall–Kier alpha value is -6.00. The smallest absolute Gasteiger partial charge is 0.213 e. The lowest BCUT2D eigenvalue weighted by molar-refractivity contribution is 0.612. The van der Waals surface area contributed by atoms with Gasteiger partial charge in [0.25, 0.3) is 0 Å². The molecule has 0 amide bonds. The number of aromatic nitrogens is 3. The molecule has 0 unspecified atom stereocenters. The molecule has 51 heavy (non-hydrogen) atoms. The van der Waals surface area contributed by atoms with E-state index in [1.165, 1.54) is 49.7 Å². The number of furan rings is 1. The van der Waals surface area contributed by atoms with Crippen molar-refractivity contribution in [2.24, 2.45) is 0 Å². The molecule has 3 aromatic heterocycles. The van der Waals surface area contributed by atoms with Crippen LogP contribution < -0.4 is 0 Å². The fraction of sp³-hybridized carbons (Fsp3) is 0.149. The lowest BCUT2D eigenvalue weighted by Gasteiger charge is -2.34. The number of fused-ring (bicyclic) bond motifs is 10. The van der Waals surface area contributed by atoms with E-state index in [9.17, 15) is 0 Å².